The molecule has 0 saturated heterocycles. The van der Waals surface area contributed by atoms with Crippen molar-refractivity contribution in [1.29, 1.82) is 0 Å². The maximum absolute atomic E-state index is 4.32. The highest BCUT2D eigenvalue weighted by Crippen LogP contribution is 2.26. The van der Waals surface area contributed by atoms with Crippen LogP contribution in [0.1, 0.15) is 45.7 Å². The van der Waals surface area contributed by atoms with Crippen LogP contribution in [0.5, 0.6) is 0 Å². The Kier molecular flexibility index (Phi) is 3.85. The molecular formula is C14H24N4. The summed E-state index contributed by atoms with van der Waals surface area (Å²) in [6, 6.07) is 4.80. The predicted octanol–water partition coefficient (Wildman–Crippen LogP) is 2.35. The standard InChI is InChI=1S/C14H24N4/c1-14(2,3)15-10-11-8-9-13(17-16-11)18(4)12-6-5-7-12/h8-9,12,15H,5-7,10H2,1-4H3. The molecular weight excluding hydrogens is 224 g/mol. The summed E-state index contributed by atoms with van der Waals surface area (Å²) in [7, 11) is 2.11. The SMILES string of the molecule is CN(c1ccc(CNC(C)(C)C)nn1)C1CCC1. The molecule has 2 rings (SSSR count). The van der Waals surface area contributed by atoms with Gasteiger partial charge in [-0.25, -0.2) is 0 Å². The van der Waals surface area contributed by atoms with Gasteiger partial charge in [0.25, 0.3) is 0 Å². The molecule has 4 nitrogen and oxygen atoms in total. The summed E-state index contributed by atoms with van der Waals surface area (Å²) in [6.07, 6.45) is 3.91. The third-order valence-electron chi connectivity index (χ3n) is 3.49. The second-order valence-corrected chi connectivity index (χ2v) is 6.18. The van der Waals surface area contributed by atoms with Gasteiger partial charge in [0.1, 0.15) is 0 Å². The van der Waals surface area contributed by atoms with Crippen molar-refractivity contribution in [2.24, 2.45) is 0 Å². The highest BCUT2D eigenvalue weighted by molar-refractivity contribution is 5.38. The highest BCUT2D eigenvalue weighted by Gasteiger charge is 2.23. The Bertz CT molecular complexity index is 376. The molecule has 1 saturated carbocycles. The fourth-order valence-corrected chi connectivity index (χ4v) is 1.95. The van der Waals surface area contributed by atoms with Crippen LogP contribution in [0, 0.1) is 0 Å². The van der Waals surface area contributed by atoms with E-state index in [0.717, 1.165) is 18.1 Å². The summed E-state index contributed by atoms with van der Waals surface area (Å²) in [5, 5.41) is 12.0. The van der Waals surface area contributed by atoms with Crippen LogP contribution >= 0.6 is 0 Å². The zero-order chi connectivity index (χ0) is 13.2. The second-order valence-electron chi connectivity index (χ2n) is 6.18. The molecule has 0 aromatic carbocycles. The smallest absolute Gasteiger partial charge is 0.151 e. The van der Waals surface area contributed by atoms with E-state index in [2.05, 4.69) is 60.4 Å². The first-order valence-electron chi connectivity index (χ1n) is 6.76. The lowest BCUT2D eigenvalue weighted by molar-refractivity contribution is 0.398. The molecule has 1 N–H and O–H groups in total. The minimum absolute atomic E-state index is 0.114. The summed E-state index contributed by atoms with van der Waals surface area (Å²) in [6.45, 7) is 7.22. The van der Waals surface area contributed by atoms with Crippen LogP contribution in [0.2, 0.25) is 0 Å². The minimum Gasteiger partial charge on any atom is -0.355 e. The number of rotatable bonds is 4. The molecule has 0 radical (unpaired) electrons. The molecule has 0 atom stereocenters. The number of hydrogen-bond donors (Lipinski definition) is 1. The third kappa shape index (κ3) is 3.42. The van der Waals surface area contributed by atoms with Crippen molar-refractivity contribution in [3.05, 3.63) is 17.8 Å². The Morgan fingerprint density at radius 2 is 2.00 bits per heavy atom. The van der Waals surface area contributed by atoms with Crippen molar-refractivity contribution >= 4 is 5.82 Å². The molecule has 1 fully saturated rings. The summed E-state index contributed by atoms with van der Waals surface area (Å²) in [4.78, 5) is 2.25. The van der Waals surface area contributed by atoms with Gasteiger partial charge in [0, 0.05) is 25.2 Å². The summed E-state index contributed by atoms with van der Waals surface area (Å²) >= 11 is 0. The number of nitrogens with zero attached hydrogens (tertiary/aromatic N) is 3. The van der Waals surface area contributed by atoms with E-state index in [9.17, 15) is 0 Å². The molecule has 0 amide bonds. The molecule has 0 spiro atoms. The van der Waals surface area contributed by atoms with Gasteiger partial charge in [0.15, 0.2) is 5.82 Å². The molecule has 0 unspecified atom stereocenters. The normalized spacial score (nSPS) is 16.4. The molecule has 0 aliphatic heterocycles. The van der Waals surface area contributed by atoms with Crippen molar-refractivity contribution in [3.63, 3.8) is 0 Å². The molecule has 18 heavy (non-hydrogen) atoms. The van der Waals surface area contributed by atoms with Gasteiger partial charge < -0.3 is 10.2 Å². The average Bonchev–Trinajstić information content (AvgIpc) is 2.23. The van der Waals surface area contributed by atoms with Gasteiger partial charge in [-0.1, -0.05) is 0 Å². The largest absolute Gasteiger partial charge is 0.355 e. The Hall–Kier alpha value is -1.16. The molecule has 1 heterocycles. The van der Waals surface area contributed by atoms with E-state index in [-0.39, 0.29) is 5.54 Å². The Morgan fingerprint density at radius 3 is 2.44 bits per heavy atom. The molecule has 1 aliphatic carbocycles. The van der Waals surface area contributed by atoms with Crippen LogP contribution in [0.3, 0.4) is 0 Å². The summed E-state index contributed by atoms with van der Waals surface area (Å²) in [5.74, 6) is 0.985. The fraction of sp³-hybridized carbons (Fsp3) is 0.714. The first-order valence-corrected chi connectivity index (χ1v) is 6.76. The first kappa shape index (κ1) is 13.3. The van der Waals surface area contributed by atoms with Crippen LogP contribution in [0.15, 0.2) is 12.1 Å². The van der Waals surface area contributed by atoms with E-state index in [4.69, 9.17) is 0 Å². The van der Waals surface area contributed by atoms with Gasteiger partial charge >= 0.3 is 0 Å². The molecule has 100 valence electrons. The maximum atomic E-state index is 4.32. The lowest BCUT2D eigenvalue weighted by atomic mass is 9.92. The lowest BCUT2D eigenvalue weighted by Crippen LogP contribution is -2.38. The quantitative estimate of drug-likeness (QED) is 0.888. The predicted molar refractivity (Wildman–Crippen MR) is 74.7 cm³/mol. The van der Waals surface area contributed by atoms with Crippen LogP contribution in [0.4, 0.5) is 5.82 Å². The first-order chi connectivity index (χ1) is 8.46. The fourth-order valence-electron chi connectivity index (χ4n) is 1.95. The van der Waals surface area contributed by atoms with E-state index >= 15 is 0 Å². The zero-order valence-electron chi connectivity index (χ0n) is 11.9. The van der Waals surface area contributed by atoms with E-state index in [1.807, 2.05) is 0 Å². The van der Waals surface area contributed by atoms with Crippen LogP contribution in [0.25, 0.3) is 0 Å². The summed E-state index contributed by atoms with van der Waals surface area (Å²) in [5.41, 5.74) is 1.11. The number of nitrogens with one attached hydrogen (secondary N) is 1. The van der Waals surface area contributed by atoms with Crippen molar-refractivity contribution in [3.8, 4) is 0 Å². The Labute approximate surface area is 110 Å². The minimum atomic E-state index is 0.114. The average molecular weight is 248 g/mol. The number of aromatic nitrogens is 2. The van der Waals surface area contributed by atoms with Gasteiger partial charge in [0.2, 0.25) is 0 Å². The topological polar surface area (TPSA) is 41.0 Å². The maximum Gasteiger partial charge on any atom is 0.151 e. The Morgan fingerprint density at radius 1 is 1.28 bits per heavy atom. The van der Waals surface area contributed by atoms with Crippen molar-refractivity contribution in [1.82, 2.24) is 15.5 Å². The molecule has 4 heteroatoms. The van der Waals surface area contributed by atoms with Gasteiger partial charge in [-0.2, -0.15) is 5.10 Å². The highest BCUT2D eigenvalue weighted by atomic mass is 15.3. The van der Waals surface area contributed by atoms with Gasteiger partial charge in [-0.05, 0) is 52.2 Å². The second kappa shape index (κ2) is 5.22. The van der Waals surface area contributed by atoms with Crippen LogP contribution < -0.4 is 10.2 Å². The third-order valence-corrected chi connectivity index (χ3v) is 3.49. The van der Waals surface area contributed by atoms with Gasteiger partial charge in [-0.3, -0.25) is 0 Å². The Balaban J connectivity index is 1.92. The van der Waals surface area contributed by atoms with Gasteiger partial charge in [0.05, 0.1) is 5.69 Å². The number of hydrogen-bond acceptors (Lipinski definition) is 4. The van der Waals surface area contributed by atoms with Crippen molar-refractivity contribution in [2.75, 3.05) is 11.9 Å². The zero-order valence-corrected chi connectivity index (χ0v) is 11.9. The van der Waals surface area contributed by atoms with E-state index in [1.54, 1.807) is 0 Å². The number of anilines is 1. The van der Waals surface area contributed by atoms with Crippen molar-refractivity contribution in [2.45, 2.75) is 58.2 Å². The van der Waals surface area contributed by atoms with Crippen LogP contribution in [-0.2, 0) is 6.54 Å². The molecule has 1 aromatic heterocycles. The molecule has 1 aromatic rings. The molecule has 1 aliphatic rings. The van der Waals surface area contributed by atoms with E-state index < -0.39 is 0 Å². The monoisotopic (exact) mass is 248 g/mol. The summed E-state index contributed by atoms with van der Waals surface area (Å²) < 4.78 is 0. The van der Waals surface area contributed by atoms with E-state index in [1.165, 1.54) is 19.3 Å². The lowest BCUT2D eigenvalue weighted by Gasteiger charge is -2.35. The van der Waals surface area contributed by atoms with Crippen molar-refractivity contribution < 1.29 is 0 Å². The van der Waals surface area contributed by atoms with E-state index in [0.29, 0.717) is 6.04 Å². The van der Waals surface area contributed by atoms with Gasteiger partial charge in [-0.15, -0.1) is 5.10 Å². The van der Waals surface area contributed by atoms with Crippen LogP contribution in [-0.4, -0.2) is 28.8 Å². The molecule has 0 bridgehead atoms.